The van der Waals surface area contributed by atoms with E-state index in [9.17, 15) is 4.79 Å². The van der Waals surface area contributed by atoms with E-state index in [0.29, 0.717) is 33.8 Å². The van der Waals surface area contributed by atoms with Crippen molar-refractivity contribution in [2.75, 3.05) is 10.6 Å². The predicted octanol–water partition coefficient (Wildman–Crippen LogP) is 4.96. The molecule has 7 heteroatoms. The van der Waals surface area contributed by atoms with Crippen LogP contribution in [0.5, 0.6) is 0 Å². The molecule has 0 bridgehead atoms. The van der Waals surface area contributed by atoms with Gasteiger partial charge in [-0.2, -0.15) is 0 Å². The first-order chi connectivity index (χ1) is 12.5. The van der Waals surface area contributed by atoms with Crippen LogP contribution in [0.1, 0.15) is 21.5 Å². The lowest BCUT2D eigenvalue weighted by Gasteiger charge is -2.09. The number of halogens is 2. The molecule has 0 aliphatic rings. The van der Waals surface area contributed by atoms with E-state index in [4.69, 9.17) is 23.2 Å². The standard InChI is InChI=1S/C19H16Cl2N4O/c1-12-8-16(21)6-7-17(12)25-18(26)14-10-23-19(24-11-14)22-9-13-2-4-15(20)5-3-13/h2-8,10-11H,9H2,1H3,(H,25,26)(H,22,23,24). The van der Waals surface area contributed by atoms with Crippen molar-refractivity contribution in [3.8, 4) is 0 Å². The van der Waals surface area contributed by atoms with E-state index in [1.807, 2.05) is 31.2 Å². The Morgan fingerprint density at radius 2 is 1.65 bits per heavy atom. The molecule has 0 aliphatic carbocycles. The van der Waals surface area contributed by atoms with Gasteiger partial charge in [0.25, 0.3) is 5.91 Å². The van der Waals surface area contributed by atoms with Gasteiger partial charge >= 0.3 is 0 Å². The van der Waals surface area contributed by atoms with Gasteiger partial charge in [0, 0.05) is 34.7 Å². The van der Waals surface area contributed by atoms with Crippen LogP contribution in [0.4, 0.5) is 11.6 Å². The molecule has 2 aromatic carbocycles. The number of nitrogens with zero attached hydrogens (tertiary/aromatic N) is 2. The van der Waals surface area contributed by atoms with E-state index < -0.39 is 0 Å². The summed E-state index contributed by atoms with van der Waals surface area (Å²) in [7, 11) is 0. The van der Waals surface area contributed by atoms with Crippen molar-refractivity contribution in [3.05, 3.63) is 81.6 Å². The molecule has 0 radical (unpaired) electrons. The fourth-order valence-corrected chi connectivity index (χ4v) is 2.63. The van der Waals surface area contributed by atoms with E-state index in [1.165, 1.54) is 12.4 Å². The smallest absolute Gasteiger partial charge is 0.258 e. The first-order valence-electron chi connectivity index (χ1n) is 7.89. The van der Waals surface area contributed by atoms with Gasteiger partial charge in [0.1, 0.15) is 0 Å². The van der Waals surface area contributed by atoms with Crippen LogP contribution in [-0.4, -0.2) is 15.9 Å². The molecule has 0 saturated carbocycles. The molecule has 0 atom stereocenters. The molecule has 3 rings (SSSR count). The van der Waals surface area contributed by atoms with Gasteiger partial charge in [-0.15, -0.1) is 0 Å². The van der Waals surface area contributed by atoms with Gasteiger partial charge in [-0.1, -0.05) is 35.3 Å². The summed E-state index contributed by atoms with van der Waals surface area (Å²) in [5.74, 6) is 0.166. The lowest BCUT2D eigenvalue weighted by molar-refractivity contribution is 0.102. The molecule has 3 aromatic rings. The third-order valence-electron chi connectivity index (χ3n) is 3.71. The highest BCUT2D eigenvalue weighted by atomic mass is 35.5. The quantitative estimate of drug-likeness (QED) is 0.650. The number of anilines is 2. The first-order valence-corrected chi connectivity index (χ1v) is 8.65. The summed E-state index contributed by atoms with van der Waals surface area (Å²) in [6.45, 7) is 2.44. The van der Waals surface area contributed by atoms with E-state index in [0.717, 1.165) is 11.1 Å². The Morgan fingerprint density at radius 3 is 2.31 bits per heavy atom. The van der Waals surface area contributed by atoms with Crippen molar-refractivity contribution in [1.82, 2.24) is 9.97 Å². The molecule has 5 nitrogen and oxygen atoms in total. The minimum atomic E-state index is -0.278. The van der Waals surface area contributed by atoms with Crippen LogP contribution in [0, 0.1) is 6.92 Å². The van der Waals surface area contributed by atoms with Crippen molar-refractivity contribution in [1.29, 1.82) is 0 Å². The van der Waals surface area contributed by atoms with Crippen LogP contribution in [0.25, 0.3) is 0 Å². The van der Waals surface area contributed by atoms with Crippen LogP contribution in [0.3, 0.4) is 0 Å². The number of rotatable bonds is 5. The first kappa shape index (κ1) is 18.2. The summed E-state index contributed by atoms with van der Waals surface area (Å²) in [5.41, 5.74) is 3.01. The number of carbonyl (C=O) groups is 1. The largest absolute Gasteiger partial charge is 0.350 e. The maximum atomic E-state index is 12.3. The number of benzene rings is 2. The molecule has 0 unspecified atom stereocenters. The van der Waals surface area contributed by atoms with Crippen molar-refractivity contribution in [3.63, 3.8) is 0 Å². The number of amides is 1. The highest BCUT2D eigenvalue weighted by Crippen LogP contribution is 2.20. The maximum Gasteiger partial charge on any atom is 0.258 e. The fourth-order valence-electron chi connectivity index (χ4n) is 2.28. The summed E-state index contributed by atoms with van der Waals surface area (Å²) in [6, 6.07) is 12.8. The predicted molar refractivity (Wildman–Crippen MR) is 105 cm³/mol. The average molecular weight is 387 g/mol. The van der Waals surface area contributed by atoms with Crippen LogP contribution >= 0.6 is 23.2 Å². The van der Waals surface area contributed by atoms with E-state index in [-0.39, 0.29) is 5.91 Å². The van der Waals surface area contributed by atoms with Gasteiger partial charge in [-0.05, 0) is 48.4 Å². The number of hydrogen-bond donors (Lipinski definition) is 2. The second-order valence-corrected chi connectivity index (χ2v) is 6.56. The number of carbonyl (C=O) groups excluding carboxylic acids is 1. The molecule has 2 N–H and O–H groups in total. The van der Waals surface area contributed by atoms with E-state index in [2.05, 4.69) is 20.6 Å². The summed E-state index contributed by atoms with van der Waals surface area (Å²) in [4.78, 5) is 20.7. The number of aryl methyl sites for hydroxylation is 1. The molecule has 132 valence electrons. The van der Waals surface area contributed by atoms with Gasteiger partial charge in [-0.25, -0.2) is 9.97 Å². The second kappa shape index (κ2) is 8.17. The van der Waals surface area contributed by atoms with Crippen LogP contribution in [0.15, 0.2) is 54.9 Å². The monoisotopic (exact) mass is 386 g/mol. The summed E-state index contributed by atoms with van der Waals surface area (Å²) >= 11 is 11.8. The molecule has 1 amide bonds. The Kier molecular flexibility index (Phi) is 5.71. The summed E-state index contributed by atoms with van der Waals surface area (Å²) in [6.07, 6.45) is 2.97. The molecule has 0 fully saturated rings. The Balaban J connectivity index is 1.61. The molecule has 0 aliphatic heterocycles. The molecular formula is C19H16Cl2N4O. The van der Waals surface area contributed by atoms with E-state index >= 15 is 0 Å². The maximum absolute atomic E-state index is 12.3. The minimum Gasteiger partial charge on any atom is -0.350 e. The highest BCUT2D eigenvalue weighted by Gasteiger charge is 2.09. The zero-order valence-corrected chi connectivity index (χ0v) is 15.5. The van der Waals surface area contributed by atoms with Crippen molar-refractivity contribution in [2.24, 2.45) is 0 Å². The third kappa shape index (κ3) is 4.71. The number of nitrogens with one attached hydrogen (secondary N) is 2. The fraction of sp³-hybridized carbons (Fsp3) is 0.105. The van der Waals surface area contributed by atoms with Crippen molar-refractivity contribution < 1.29 is 4.79 Å². The normalized spacial score (nSPS) is 10.4. The SMILES string of the molecule is Cc1cc(Cl)ccc1NC(=O)c1cnc(NCc2ccc(Cl)cc2)nc1. The van der Waals surface area contributed by atoms with Gasteiger partial charge in [0.15, 0.2) is 0 Å². The van der Waals surface area contributed by atoms with Crippen molar-refractivity contribution in [2.45, 2.75) is 13.5 Å². The van der Waals surface area contributed by atoms with E-state index in [1.54, 1.807) is 18.2 Å². The Labute approximate surface area is 161 Å². The highest BCUT2D eigenvalue weighted by molar-refractivity contribution is 6.31. The zero-order valence-electron chi connectivity index (χ0n) is 14.0. The van der Waals surface area contributed by atoms with Crippen LogP contribution in [0.2, 0.25) is 10.0 Å². The number of hydrogen-bond acceptors (Lipinski definition) is 4. The zero-order chi connectivity index (χ0) is 18.5. The molecule has 0 saturated heterocycles. The third-order valence-corrected chi connectivity index (χ3v) is 4.20. The van der Waals surface area contributed by atoms with Crippen LogP contribution < -0.4 is 10.6 Å². The van der Waals surface area contributed by atoms with Gasteiger partial charge in [-0.3, -0.25) is 4.79 Å². The topological polar surface area (TPSA) is 66.9 Å². The van der Waals surface area contributed by atoms with Gasteiger partial charge in [0.05, 0.1) is 5.56 Å². The number of aromatic nitrogens is 2. The Morgan fingerprint density at radius 1 is 1.00 bits per heavy atom. The molecule has 26 heavy (non-hydrogen) atoms. The molecule has 1 aromatic heterocycles. The summed E-state index contributed by atoms with van der Waals surface area (Å²) in [5, 5.41) is 7.24. The summed E-state index contributed by atoms with van der Waals surface area (Å²) < 4.78 is 0. The lowest BCUT2D eigenvalue weighted by Crippen LogP contribution is -2.14. The lowest BCUT2D eigenvalue weighted by atomic mass is 10.2. The molecular weight excluding hydrogens is 371 g/mol. The molecule has 1 heterocycles. The van der Waals surface area contributed by atoms with Gasteiger partial charge < -0.3 is 10.6 Å². The van der Waals surface area contributed by atoms with Crippen LogP contribution in [-0.2, 0) is 6.54 Å². The Bertz CT molecular complexity index is 912. The minimum absolute atomic E-state index is 0.278. The van der Waals surface area contributed by atoms with Gasteiger partial charge in [0.2, 0.25) is 5.95 Å². The molecule has 0 spiro atoms. The second-order valence-electron chi connectivity index (χ2n) is 5.69. The average Bonchev–Trinajstić information content (AvgIpc) is 2.64. The van der Waals surface area contributed by atoms with Crippen molar-refractivity contribution >= 4 is 40.7 Å². The Hall–Kier alpha value is -2.63.